The molecule has 0 amide bonds. The van der Waals surface area contributed by atoms with Gasteiger partial charge >= 0.3 is 0 Å². The van der Waals surface area contributed by atoms with Gasteiger partial charge in [-0.05, 0) is 75.6 Å². The molecule has 1 heterocycles. The van der Waals surface area contributed by atoms with E-state index in [9.17, 15) is 9.90 Å². The fourth-order valence-electron chi connectivity index (χ4n) is 4.51. The van der Waals surface area contributed by atoms with Crippen molar-refractivity contribution in [1.82, 2.24) is 9.47 Å². The molecule has 1 N–H and O–H groups in total. The summed E-state index contributed by atoms with van der Waals surface area (Å²) in [5, 5.41) is 11.6. The lowest BCUT2D eigenvalue weighted by molar-refractivity contribution is 0.103. The molecule has 0 unspecified atom stereocenters. The van der Waals surface area contributed by atoms with E-state index in [-0.39, 0.29) is 11.5 Å². The second kappa shape index (κ2) is 9.72. The number of hydrogen-bond acceptors (Lipinski definition) is 6. The van der Waals surface area contributed by atoms with E-state index in [4.69, 9.17) is 14.2 Å². The number of hydrogen-bond donors (Lipinski definition) is 1. The minimum absolute atomic E-state index is 0.143. The van der Waals surface area contributed by atoms with E-state index in [1.165, 1.54) is 7.11 Å². The van der Waals surface area contributed by atoms with Gasteiger partial charge in [0.15, 0.2) is 5.78 Å². The SMILES string of the molecule is COc1ccc(-n2c(C)c(C(=O)c3cc(OC)ccc3OC)c3c(CN(C)C)c(O)ccc32)cc1. The van der Waals surface area contributed by atoms with Gasteiger partial charge in [0.1, 0.15) is 23.0 Å². The summed E-state index contributed by atoms with van der Waals surface area (Å²) < 4.78 is 18.3. The van der Waals surface area contributed by atoms with Gasteiger partial charge in [0.25, 0.3) is 0 Å². The fourth-order valence-corrected chi connectivity index (χ4v) is 4.51. The van der Waals surface area contributed by atoms with Crippen LogP contribution in [0.4, 0.5) is 0 Å². The first-order chi connectivity index (χ1) is 16.8. The fraction of sp³-hybridized carbons (Fsp3) is 0.250. The van der Waals surface area contributed by atoms with Gasteiger partial charge in [0.2, 0.25) is 0 Å². The molecule has 0 saturated carbocycles. The van der Waals surface area contributed by atoms with E-state index in [2.05, 4.69) is 0 Å². The Morgan fingerprint density at radius 3 is 2.17 bits per heavy atom. The van der Waals surface area contributed by atoms with E-state index >= 15 is 0 Å². The summed E-state index contributed by atoms with van der Waals surface area (Å²) in [7, 11) is 8.58. The molecule has 0 aliphatic rings. The van der Waals surface area contributed by atoms with Crippen molar-refractivity contribution in [2.24, 2.45) is 0 Å². The number of ether oxygens (including phenoxy) is 3. The van der Waals surface area contributed by atoms with Gasteiger partial charge in [0, 0.05) is 28.9 Å². The van der Waals surface area contributed by atoms with Gasteiger partial charge in [-0.15, -0.1) is 0 Å². The first-order valence-corrected chi connectivity index (χ1v) is 11.2. The van der Waals surface area contributed by atoms with Gasteiger partial charge in [0.05, 0.1) is 38.0 Å². The molecule has 0 atom stereocenters. The molecule has 1 aromatic heterocycles. The zero-order chi connectivity index (χ0) is 25.3. The summed E-state index contributed by atoms with van der Waals surface area (Å²) in [6, 6.07) is 16.4. The smallest absolute Gasteiger partial charge is 0.199 e. The maximum atomic E-state index is 14.2. The Labute approximate surface area is 205 Å². The van der Waals surface area contributed by atoms with E-state index in [1.54, 1.807) is 38.5 Å². The van der Waals surface area contributed by atoms with Gasteiger partial charge < -0.3 is 28.8 Å². The number of benzene rings is 3. The van der Waals surface area contributed by atoms with Crippen molar-refractivity contribution in [1.29, 1.82) is 0 Å². The van der Waals surface area contributed by atoms with Crippen LogP contribution in [0.25, 0.3) is 16.6 Å². The van der Waals surface area contributed by atoms with E-state index < -0.39 is 0 Å². The van der Waals surface area contributed by atoms with Crippen molar-refractivity contribution in [2.45, 2.75) is 13.5 Å². The molecule has 35 heavy (non-hydrogen) atoms. The highest BCUT2D eigenvalue weighted by atomic mass is 16.5. The number of ketones is 1. The number of aromatic nitrogens is 1. The van der Waals surface area contributed by atoms with Crippen LogP contribution >= 0.6 is 0 Å². The number of carbonyl (C=O) groups excluding carboxylic acids is 1. The average molecular weight is 475 g/mol. The summed E-state index contributed by atoms with van der Waals surface area (Å²) in [6.45, 7) is 2.38. The molecule has 7 heteroatoms. The number of methoxy groups -OCH3 is 3. The van der Waals surface area contributed by atoms with Crippen LogP contribution in [0.5, 0.6) is 23.0 Å². The second-order valence-electron chi connectivity index (χ2n) is 8.58. The zero-order valence-electron chi connectivity index (χ0n) is 20.9. The molecule has 0 saturated heterocycles. The van der Waals surface area contributed by atoms with Gasteiger partial charge in [-0.1, -0.05) is 0 Å². The third-order valence-electron chi connectivity index (χ3n) is 6.14. The molecule has 182 valence electrons. The highest BCUT2D eigenvalue weighted by Gasteiger charge is 2.27. The second-order valence-corrected chi connectivity index (χ2v) is 8.58. The number of nitrogens with zero attached hydrogens (tertiary/aromatic N) is 2. The summed E-state index contributed by atoms with van der Waals surface area (Å²) in [6.07, 6.45) is 0. The number of carbonyl (C=O) groups is 1. The zero-order valence-corrected chi connectivity index (χ0v) is 20.9. The monoisotopic (exact) mass is 474 g/mol. The average Bonchev–Trinajstić information content (AvgIpc) is 3.16. The number of rotatable bonds is 8. The molecular weight excluding hydrogens is 444 g/mol. The Bertz CT molecular complexity index is 1390. The minimum atomic E-state index is -0.207. The first-order valence-electron chi connectivity index (χ1n) is 11.2. The number of phenolic OH excluding ortho intramolecular Hbond substituents is 1. The number of phenols is 1. The number of aromatic hydroxyl groups is 1. The Balaban J connectivity index is 2.07. The minimum Gasteiger partial charge on any atom is -0.508 e. The van der Waals surface area contributed by atoms with Crippen molar-refractivity contribution >= 4 is 16.7 Å². The molecule has 7 nitrogen and oxygen atoms in total. The first kappa shape index (κ1) is 24.2. The molecule has 0 fully saturated rings. The summed E-state index contributed by atoms with van der Waals surface area (Å²) >= 11 is 0. The van der Waals surface area contributed by atoms with Crippen molar-refractivity contribution in [3.05, 3.63) is 77.0 Å². The quantitative estimate of drug-likeness (QED) is 0.364. The third kappa shape index (κ3) is 4.31. The molecule has 3 aromatic carbocycles. The van der Waals surface area contributed by atoms with E-state index in [0.717, 1.165) is 22.6 Å². The van der Waals surface area contributed by atoms with E-state index in [1.807, 2.05) is 60.8 Å². The lowest BCUT2D eigenvalue weighted by Crippen LogP contribution is -2.12. The van der Waals surface area contributed by atoms with Crippen LogP contribution in [0.15, 0.2) is 54.6 Å². The van der Waals surface area contributed by atoms with Crippen LogP contribution < -0.4 is 14.2 Å². The topological polar surface area (TPSA) is 73.2 Å². The Hall–Kier alpha value is -3.97. The normalized spacial score (nSPS) is 11.2. The van der Waals surface area contributed by atoms with Crippen molar-refractivity contribution < 1.29 is 24.1 Å². The van der Waals surface area contributed by atoms with Crippen LogP contribution in [0.2, 0.25) is 0 Å². The highest BCUT2D eigenvalue weighted by Crippen LogP contribution is 2.39. The van der Waals surface area contributed by atoms with Crippen LogP contribution in [0, 0.1) is 6.92 Å². The summed E-state index contributed by atoms with van der Waals surface area (Å²) in [4.78, 5) is 16.1. The Kier molecular flexibility index (Phi) is 6.71. The molecule has 0 bridgehead atoms. The van der Waals surface area contributed by atoms with Crippen molar-refractivity contribution in [3.63, 3.8) is 0 Å². The van der Waals surface area contributed by atoms with Crippen molar-refractivity contribution in [2.75, 3.05) is 35.4 Å². The third-order valence-corrected chi connectivity index (χ3v) is 6.14. The lowest BCUT2D eigenvalue weighted by atomic mass is 9.96. The van der Waals surface area contributed by atoms with Gasteiger partial charge in [-0.2, -0.15) is 0 Å². The molecule has 0 aliphatic carbocycles. The maximum absolute atomic E-state index is 14.2. The Morgan fingerprint density at radius 1 is 0.914 bits per heavy atom. The predicted octanol–water partition coefficient (Wildman–Crippen LogP) is 4.96. The van der Waals surface area contributed by atoms with Gasteiger partial charge in [-0.25, -0.2) is 0 Å². The molecule has 0 aliphatic heterocycles. The maximum Gasteiger partial charge on any atom is 0.199 e. The van der Waals surface area contributed by atoms with Gasteiger partial charge in [-0.3, -0.25) is 4.79 Å². The van der Waals surface area contributed by atoms with Crippen LogP contribution in [-0.2, 0) is 6.54 Å². The van der Waals surface area contributed by atoms with Crippen LogP contribution in [0.3, 0.4) is 0 Å². The summed E-state index contributed by atoms with van der Waals surface area (Å²) in [5.74, 6) is 1.69. The molecule has 0 radical (unpaired) electrons. The molecule has 4 rings (SSSR count). The standard InChI is InChI=1S/C28H30N2O5/c1-17-26(28(32)21-15-20(34-5)11-14-25(21)35-6)27-22(16-29(2)3)24(31)13-12-23(27)30(17)18-7-9-19(33-4)10-8-18/h7-15,31H,16H2,1-6H3. The van der Waals surface area contributed by atoms with E-state index in [0.29, 0.717) is 40.1 Å². The lowest BCUT2D eigenvalue weighted by Gasteiger charge is -2.15. The summed E-state index contributed by atoms with van der Waals surface area (Å²) in [5.41, 5.74) is 4.05. The predicted molar refractivity (Wildman–Crippen MR) is 137 cm³/mol. The highest BCUT2D eigenvalue weighted by molar-refractivity contribution is 6.20. The van der Waals surface area contributed by atoms with Crippen LogP contribution in [0.1, 0.15) is 27.2 Å². The van der Waals surface area contributed by atoms with Crippen molar-refractivity contribution in [3.8, 4) is 28.7 Å². The van der Waals surface area contributed by atoms with Crippen LogP contribution in [-0.4, -0.2) is 55.8 Å². The molecule has 4 aromatic rings. The molecule has 0 spiro atoms. The molecular formula is C28H30N2O5. The number of fused-ring (bicyclic) bond motifs is 1. The Morgan fingerprint density at radius 2 is 1.57 bits per heavy atom. The largest absolute Gasteiger partial charge is 0.508 e.